The molecule has 1 rings (SSSR count). The average Bonchev–Trinajstić information content (AvgIpc) is 1.98. The highest BCUT2D eigenvalue weighted by molar-refractivity contribution is 5.99. The molecule has 0 spiro atoms. The molecule has 0 aromatic carbocycles. The van der Waals surface area contributed by atoms with Crippen LogP contribution in [0.2, 0.25) is 0 Å². The minimum Gasteiger partial charge on any atom is -0.289 e. The molecule has 0 amide bonds. The van der Waals surface area contributed by atoms with Gasteiger partial charge in [-0.05, 0) is 25.5 Å². The maximum atomic E-state index is 4.40. The Kier molecular flexibility index (Phi) is 2.64. The summed E-state index contributed by atoms with van der Waals surface area (Å²) in [6.07, 6.45) is 6.51. The van der Waals surface area contributed by atoms with Crippen LogP contribution in [0.4, 0.5) is 0 Å². The minimum absolute atomic E-state index is 0.499. The molecule has 1 atom stereocenters. The molecule has 0 saturated carbocycles. The monoisotopic (exact) mass is 149 g/mol. The Hall–Kier alpha value is -0.850. The topological polar surface area (TPSA) is 12.4 Å². The lowest BCUT2D eigenvalue weighted by Crippen LogP contribution is -2.09. The van der Waals surface area contributed by atoms with Gasteiger partial charge in [-0.15, -0.1) is 0 Å². The van der Waals surface area contributed by atoms with Crippen LogP contribution in [-0.2, 0) is 0 Å². The van der Waals surface area contributed by atoms with Crippen LogP contribution < -0.4 is 0 Å². The van der Waals surface area contributed by atoms with Gasteiger partial charge in [-0.25, -0.2) is 0 Å². The summed E-state index contributed by atoms with van der Waals surface area (Å²) in [5, 5.41) is 0. The van der Waals surface area contributed by atoms with Crippen LogP contribution in [0.1, 0.15) is 20.8 Å². The standard InChI is InChI=1S/C10H15N/c1-4-11-10-7-8(2)5-6-9(10)3/h5-7,9H,4H2,1-3H3/b11-10-. The molecule has 0 fully saturated rings. The zero-order chi connectivity index (χ0) is 8.27. The Bertz CT molecular complexity index is 221. The van der Waals surface area contributed by atoms with E-state index in [9.17, 15) is 0 Å². The van der Waals surface area contributed by atoms with E-state index in [1.165, 1.54) is 11.3 Å². The molecule has 0 aromatic heterocycles. The Morgan fingerprint density at radius 1 is 1.55 bits per heavy atom. The Balaban J connectivity index is 2.81. The summed E-state index contributed by atoms with van der Waals surface area (Å²) in [6.45, 7) is 7.24. The molecule has 11 heavy (non-hydrogen) atoms. The highest BCUT2D eigenvalue weighted by Crippen LogP contribution is 2.13. The van der Waals surface area contributed by atoms with Crippen molar-refractivity contribution < 1.29 is 0 Å². The van der Waals surface area contributed by atoms with Gasteiger partial charge in [0.2, 0.25) is 0 Å². The zero-order valence-corrected chi connectivity index (χ0v) is 7.46. The van der Waals surface area contributed by atoms with E-state index in [4.69, 9.17) is 0 Å². The van der Waals surface area contributed by atoms with Gasteiger partial charge in [0.1, 0.15) is 0 Å². The van der Waals surface area contributed by atoms with E-state index in [0.29, 0.717) is 5.92 Å². The van der Waals surface area contributed by atoms with Crippen molar-refractivity contribution in [2.24, 2.45) is 10.9 Å². The minimum atomic E-state index is 0.499. The lowest BCUT2D eigenvalue weighted by molar-refractivity contribution is 0.965. The van der Waals surface area contributed by atoms with Crippen LogP contribution in [0.5, 0.6) is 0 Å². The average molecular weight is 149 g/mol. The fourth-order valence-electron chi connectivity index (χ4n) is 1.18. The first-order valence-electron chi connectivity index (χ1n) is 4.15. The van der Waals surface area contributed by atoms with Crippen LogP contribution in [0.25, 0.3) is 0 Å². The highest BCUT2D eigenvalue weighted by atomic mass is 14.7. The fraction of sp³-hybridized carbons (Fsp3) is 0.500. The molecule has 0 aromatic rings. The second kappa shape index (κ2) is 3.51. The van der Waals surface area contributed by atoms with Gasteiger partial charge in [-0.2, -0.15) is 0 Å². The summed E-state index contributed by atoms with van der Waals surface area (Å²) in [7, 11) is 0. The van der Waals surface area contributed by atoms with Crippen LogP contribution >= 0.6 is 0 Å². The molecular weight excluding hydrogens is 134 g/mol. The molecule has 60 valence electrons. The second-order valence-corrected chi connectivity index (χ2v) is 2.94. The number of hydrogen-bond acceptors (Lipinski definition) is 1. The van der Waals surface area contributed by atoms with Gasteiger partial charge in [-0.1, -0.05) is 19.1 Å². The number of aliphatic imine (C=N–C) groups is 1. The summed E-state index contributed by atoms with van der Waals surface area (Å²) in [6, 6.07) is 0. The van der Waals surface area contributed by atoms with Crippen LogP contribution in [0.15, 0.2) is 28.8 Å². The van der Waals surface area contributed by atoms with E-state index in [1.54, 1.807) is 0 Å². The van der Waals surface area contributed by atoms with Gasteiger partial charge in [-0.3, -0.25) is 4.99 Å². The van der Waals surface area contributed by atoms with Gasteiger partial charge >= 0.3 is 0 Å². The maximum absolute atomic E-state index is 4.40. The summed E-state index contributed by atoms with van der Waals surface area (Å²) in [4.78, 5) is 4.40. The summed E-state index contributed by atoms with van der Waals surface area (Å²) in [5.74, 6) is 0.499. The van der Waals surface area contributed by atoms with Crippen LogP contribution in [0, 0.1) is 5.92 Å². The summed E-state index contributed by atoms with van der Waals surface area (Å²) >= 11 is 0. The Morgan fingerprint density at radius 2 is 2.27 bits per heavy atom. The third-order valence-corrected chi connectivity index (χ3v) is 1.83. The molecule has 0 N–H and O–H groups in total. The van der Waals surface area contributed by atoms with Gasteiger partial charge in [0.05, 0.1) is 0 Å². The van der Waals surface area contributed by atoms with Gasteiger partial charge < -0.3 is 0 Å². The first-order valence-corrected chi connectivity index (χ1v) is 4.15. The summed E-state index contributed by atoms with van der Waals surface area (Å²) < 4.78 is 0. The number of hydrogen-bond donors (Lipinski definition) is 0. The molecule has 0 radical (unpaired) electrons. The van der Waals surface area contributed by atoms with E-state index < -0.39 is 0 Å². The van der Waals surface area contributed by atoms with Crippen molar-refractivity contribution in [3.8, 4) is 0 Å². The van der Waals surface area contributed by atoms with Crippen molar-refractivity contribution in [1.82, 2.24) is 0 Å². The number of nitrogens with zero attached hydrogens (tertiary/aromatic N) is 1. The second-order valence-electron chi connectivity index (χ2n) is 2.94. The van der Waals surface area contributed by atoms with E-state index >= 15 is 0 Å². The molecule has 0 aliphatic heterocycles. The molecule has 0 saturated heterocycles. The van der Waals surface area contributed by atoms with E-state index in [2.05, 4.69) is 44.0 Å². The van der Waals surface area contributed by atoms with Crippen molar-refractivity contribution >= 4 is 5.71 Å². The zero-order valence-electron chi connectivity index (χ0n) is 7.46. The Morgan fingerprint density at radius 3 is 2.91 bits per heavy atom. The van der Waals surface area contributed by atoms with Crippen molar-refractivity contribution in [3.63, 3.8) is 0 Å². The van der Waals surface area contributed by atoms with Crippen LogP contribution in [-0.4, -0.2) is 12.3 Å². The first-order chi connectivity index (χ1) is 5.24. The lowest BCUT2D eigenvalue weighted by atomic mass is 9.97. The van der Waals surface area contributed by atoms with Crippen molar-refractivity contribution in [3.05, 3.63) is 23.8 Å². The van der Waals surface area contributed by atoms with Gasteiger partial charge in [0.15, 0.2) is 0 Å². The van der Waals surface area contributed by atoms with Crippen molar-refractivity contribution in [1.29, 1.82) is 0 Å². The van der Waals surface area contributed by atoms with Crippen LogP contribution in [0.3, 0.4) is 0 Å². The largest absolute Gasteiger partial charge is 0.289 e. The molecule has 1 aliphatic rings. The normalized spacial score (nSPS) is 27.4. The predicted molar refractivity (Wildman–Crippen MR) is 50.0 cm³/mol. The fourth-order valence-corrected chi connectivity index (χ4v) is 1.18. The maximum Gasteiger partial charge on any atom is 0.0416 e. The first kappa shape index (κ1) is 8.25. The Labute approximate surface area is 68.5 Å². The van der Waals surface area contributed by atoms with Crippen molar-refractivity contribution in [2.45, 2.75) is 20.8 Å². The molecule has 1 unspecified atom stereocenters. The van der Waals surface area contributed by atoms with Gasteiger partial charge in [0, 0.05) is 18.2 Å². The van der Waals surface area contributed by atoms with Gasteiger partial charge in [0.25, 0.3) is 0 Å². The van der Waals surface area contributed by atoms with E-state index in [-0.39, 0.29) is 0 Å². The molecular formula is C10H15N. The number of allylic oxidation sites excluding steroid dienone is 4. The number of rotatable bonds is 1. The lowest BCUT2D eigenvalue weighted by Gasteiger charge is -2.11. The molecule has 1 nitrogen and oxygen atoms in total. The quantitative estimate of drug-likeness (QED) is 0.543. The van der Waals surface area contributed by atoms with E-state index in [0.717, 1.165) is 6.54 Å². The summed E-state index contributed by atoms with van der Waals surface area (Å²) in [5.41, 5.74) is 2.52. The van der Waals surface area contributed by atoms with Crippen molar-refractivity contribution in [2.75, 3.05) is 6.54 Å². The molecule has 1 aliphatic carbocycles. The molecule has 0 bridgehead atoms. The van der Waals surface area contributed by atoms with E-state index in [1.807, 2.05) is 0 Å². The smallest absolute Gasteiger partial charge is 0.0416 e. The predicted octanol–water partition coefficient (Wildman–Crippen LogP) is 2.60. The highest BCUT2D eigenvalue weighted by Gasteiger charge is 2.07. The molecule has 0 heterocycles. The third-order valence-electron chi connectivity index (χ3n) is 1.83. The molecule has 1 heteroatoms. The third kappa shape index (κ3) is 2.04. The SMILES string of the molecule is CC/N=C1/C=C(C)C=CC1C.